The molecular formula is C28H46O. The molecule has 1 heteroatoms. The molecule has 0 aromatic carbocycles. The van der Waals surface area contributed by atoms with Crippen molar-refractivity contribution < 1.29 is 5.11 Å². The fourth-order valence-electron chi connectivity index (χ4n) is 6.50. The molecule has 0 bridgehead atoms. The van der Waals surface area contributed by atoms with Crippen LogP contribution in [-0.2, 0) is 0 Å². The average molecular weight is 399 g/mol. The van der Waals surface area contributed by atoms with Crippen LogP contribution in [0, 0.1) is 40.9 Å². The molecule has 1 nitrogen and oxygen atoms in total. The maximum Gasteiger partial charge on any atom is 0.0577 e. The molecule has 0 spiro atoms. The first-order chi connectivity index (χ1) is 13.7. The fraction of sp³-hybridized carbons (Fsp3) is 0.786. The molecule has 0 amide bonds. The summed E-state index contributed by atoms with van der Waals surface area (Å²) in [5.74, 6) is 4.29. The summed E-state index contributed by atoms with van der Waals surface area (Å²) in [4.78, 5) is 0. The first-order valence-corrected chi connectivity index (χ1v) is 12.5. The third kappa shape index (κ3) is 5.09. The molecule has 164 valence electrons. The minimum absolute atomic E-state index is 0.121. The molecule has 0 radical (unpaired) electrons. The molecule has 0 unspecified atom stereocenters. The van der Waals surface area contributed by atoms with Crippen molar-refractivity contribution in [2.24, 2.45) is 40.9 Å². The maximum absolute atomic E-state index is 10.1. The van der Waals surface area contributed by atoms with Gasteiger partial charge in [0.05, 0.1) is 6.10 Å². The summed E-state index contributed by atoms with van der Waals surface area (Å²) in [6.45, 7) is 14.4. The Morgan fingerprint density at radius 2 is 1.69 bits per heavy atom. The second-order valence-corrected chi connectivity index (χ2v) is 11.3. The van der Waals surface area contributed by atoms with Crippen molar-refractivity contribution in [3.05, 3.63) is 35.5 Å². The van der Waals surface area contributed by atoms with Gasteiger partial charge in [0.2, 0.25) is 0 Å². The molecule has 3 aliphatic rings. The third-order valence-corrected chi connectivity index (χ3v) is 8.99. The summed E-state index contributed by atoms with van der Waals surface area (Å²) >= 11 is 0. The van der Waals surface area contributed by atoms with E-state index in [9.17, 15) is 5.11 Å². The van der Waals surface area contributed by atoms with Gasteiger partial charge in [0.25, 0.3) is 0 Å². The number of hydrogen-bond donors (Lipinski definition) is 1. The van der Waals surface area contributed by atoms with Crippen LogP contribution in [-0.4, -0.2) is 11.2 Å². The normalized spacial score (nSPS) is 40.7. The van der Waals surface area contributed by atoms with Crippen LogP contribution >= 0.6 is 0 Å². The van der Waals surface area contributed by atoms with E-state index in [1.54, 1.807) is 5.57 Å². The highest BCUT2D eigenvalue weighted by Gasteiger charge is 2.50. The predicted molar refractivity (Wildman–Crippen MR) is 126 cm³/mol. The van der Waals surface area contributed by atoms with Gasteiger partial charge in [0, 0.05) is 0 Å². The minimum atomic E-state index is -0.121. The molecule has 0 heterocycles. The monoisotopic (exact) mass is 398 g/mol. The lowest BCUT2D eigenvalue weighted by molar-refractivity contribution is 0.112. The van der Waals surface area contributed by atoms with Crippen LogP contribution in [0.2, 0.25) is 0 Å². The Labute approximate surface area is 180 Å². The van der Waals surface area contributed by atoms with Gasteiger partial charge in [-0.05, 0) is 92.3 Å². The van der Waals surface area contributed by atoms with Crippen molar-refractivity contribution >= 4 is 0 Å². The topological polar surface area (TPSA) is 20.2 Å². The van der Waals surface area contributed by atoms with Crippen LogP contribution in [0.3, 0.4) is 0 Å². The quantitative estimate of drug-likeness (QED) is 0.470. The van der Waals surface area contributed by atoms with Gasteiger partial charge in [-0.15, -0.1) is 0 Å². The van der Waals surface area contributed by atoms with Gasteiger partial charge in [-0.1, -0.05) is 77.0 Å². The Bertz CT molecular complexity index is 639. The van der Waals surface area contributed by atoms with E-state index in [0.29, 0.717) is 23.2 Å². The smallest absolute Gasteiger partial charge is 0.0577 e. The van der Waals surface area contributed by atoms with E-state index in [0.717, 1.165) is 37.0 Å². The number of hydrogen-bond acceptors (Lipinski definition) is 1. The van der Waals surface area contributed by atoms with E-state index in [-0.39, 0.29) is 6.10 Å². The number of aliphatic hydroxyl groups excluding tert-OH is 1. The molecule has 3 saturated carbocycles. The molecule has 0 aromatic heterocycles. The highest BCUT2D eigenvalue weighted by atomic mass is 16.3. The molecule has 0 saturated heterocycles. The highest BCUT2D eigenvalue weighted by molar-refractivity contribution is 5.27. The van der Waals surface area contributed by atoms with Crippen LogP contribution in [0.15, 0.2) is 35.5 Å². The predicted octanol–water partition coefficient (Wildman–Crippen LogP) is 7.72. The fourth-order valence-corrected chi connectivity index (χ4v) is 6.50. The van der Waals surface area contributed by atoms with Crippen LogP contribution < -0.4 is 0 Å². The number of allylic oxidation sites excluding steroid dienone is 5. The Hall–Kier alpha value is -0.820. The summed E-state index contributed by atoms with van der Waals surface area (Å²) in [6, 6.07) is 0. The molecule has 3 fully saturated rings. The van der Waals surface area contributed by atoms with Crippen molar-refractivity contribution in [3.8, 4) is 0 Å². The second-order valence-electron chi connectivity index (χ2n) is 11.3. The molecular weight excluding hydrogens is 352 g/mol. The lowest BCUT2D eigenvalue weighted by Crippen LogP contribution is -2.35. The van der Waals surface area contributed by atoms with Crippen LogP contribution in [0.5, 0.6) is 0 Å². The molecule has 0 aromatic rings. The summed E-state index contributed by atoms with van der Waals surface area (Å²) in [6.07, 6.45) is 19.5. The van der Waals surface area contributed by atoms with Gasteiger partial charge in [-0.25, -0.2) is 0 Å². The van der Waals surface area contributed by atoms with Crippen molar-refractivity contribution in [1.29, 1.82) is 0 Å². The van der Waals surface area contributed by atoms with Gasteiger partial charge in [0.15, 0.2) is 0 Å². The zero-order valence-electron chi connectivity index (χ0n) is 20.0. The highest BCUT2D eigenvalue weighted by Crippen LogP contribution is 2.59. The van der Waals surface area contributed by atoms with Crippen LogP contribution in [0.1, 0.15) is 92.9 Å². The van der Waals surface area contributed by atoms with Crippen molar-refractivity contribution in [1.82, 2.24) is 0 Å². The van der Waals surface area contributed by atoms with Crippen molar-refractivity contribution in [2.75, 3.05) is 0 Å². The second kappa shape index (κ2) is 9.54. The first-order valence-electron chi connectivity index (χ1n) is 12.5. The van der Waals surface area contributed by atoms with Gasteiger partial charge in [0.1, 0.15) is 0 Å². The van der Waals surface area contributed by atoms with Gasteiger partial charge in [-0.3, -0.25) is 0 Å². The van der Waals surface area contributed by atoms with E-state index in [4.69, 9.17) is 0 Å². The van der Waals surface area contributed by atoms with Crippen molar-refractivity contribution in [2.45, 2.75) is 99.0 Å². The van der Waals surface area contributed by atoms with Gasteiger partial charge < -0.3 is 5.11 Å². The standard InChI is InChI=1S/C28H46O/c1-19(2)20(3)9-10-22(5)26-15-16-27-23(8-7-17-28(26,27)6)12-13-24-18-25(29)14-11-21(24)4/h9-10,12-13,19-22,25-27,29H,7-8,11,14-18H2,1-6H3/b10-9+,23-12+,24-13+/t20-,21-,22+,25+,26-,27-,28+/m1/s1. The van der Waals surface area contributed by atoms with Crippen molar-refractivity contribution in [3.63, 3.8) is 0 Å². The zero-order valence-corrected chi connectivity index (χ0v) is 20.0. The van der Waals surface area contributed by atoms with E-state index in [1.165, 1.54) is 37.7 Å². The summed E-state index contributed by atoms with van der Waals surface area (Å²) in [7, 11) is 0. The molecule has 7 atom stereocenters. The summed E-state index contributed by atoms with van der Waals surface area (Å²) in [5, 5.41) is 10.1. The van der Waals surface area contributed by atoms with E-state index in [1.807, 2.05) is 0 Å². The number of fused-ring (bicyclic) bond motifs is 1. The number of rotatable bonds is 5. The number of aliphatic hydroxyl groups is 1. The summed E-state index contributed by atoms with van der Waals surface area (Å²) < 4.78 is 0. The Balaban J connectivity index is 1.74. The first kappa shape index (κ1) is 22.9. The van der Waals surface area contributed by atoms with Gasteiger partial charge in [-0.2, -0.15) is 0 Å². The molecule has 29 heavy (non-hydrogen) atoms. The largest absolute Gasteiger partial charge is 0.393 e. The van der Waals surface area contributed by atoms with Crippen LogP contribution in [0.4, 0.5) is 0 Å². The van der Waals surface area contributed by atoms with Gasteiger partial charge >= 0.3 is 0 Å². The Kier molecular flexibility index (Phi) is 7.52. The molecule has 3 aliphatic carbocycles. The Morgan fingerprint density at radius 3 is 2.41 bits per heavy atom. The van der Waals surface area contributed by atoms with E-state index < -0.39 is 0 Å². The van der Waals surface area contributed by atoms with Crippen LogP contribution in [0.25, 0.3) is 0 Å². The maximum atomic E-state index is 10.1. The SMILES string of the molecule is CC(C)[C@H](C)/C=C/[C@H](C)[C@H]1CC[C@@H]2/C(=C/C=C3\C[C@@H](O)CC[C@H]3C)CCC[C@]21C. The molecule has 0 aliphatic heterocycles. The Morgan fingerprint density at radius 1 is 0.966 bits per heavy atom. The van der Waals surface area contributed by atoms with E-state index >= 15 is 0 Å². The molecule has 3 rings (SSSR count). The lowest BCUT2D eigenvalue weighted by atomic mass is 9.61. The minimum Gasteiger partial charge on any atom is -0.393 e. The third-order valence-electron chi connectivity index (χ3n) is 8.99. The molecule has 1 N–H and O–H groups in total. The zero-order chi connectivity index (χ0) is 21.2. The average Bonchev–Trinajstić information content (AvgIpc) is 3.04. The lowest BCUT2D eigenvalue weighted by Gasteiger charge is -2.44. The summed E-state index contributed by atoms with van der Waals surface area (Å²) in [5.41, 5.74) is 3.63. The van der Waals surface area contributed by atoms with E-state index in [2.05, 4.69) is 65.8 Å².